The number of para-hydroxylation sites is 1. The molecule has 2 aromatic carbocycles. The van der Waals surface area contributed by atoms with E-state index in [2.05, 4.69) is 4.98 Å². The molecule has 0 saturated carbocycles. The average molecular weight is 364 g/mol. The molecular formula is C22H24N2O3. The van der Waals surface area contributed by atoms with Crippen LogP contribution in [0, 0.1) is 13.8 Å². The van der Waals surface area contributed by atoms with Gasteiger partial charge in [0.1, 0.15) is 5.75 Å². The highest BCUT2D eigenvalue weighted by Gasteiger charge is 2.21. The summed E-state index contributed by atoms with van der Waals surface area (Å²) in [4.78, 5) is 19.4. The van der Waals surface area contributed by atoms with Crippen molar-refractivity contribution in [2.75, 3.05) is 13.1 Å². The molecule has 0 spiro atoms. The molecule has 0 radical (unpaired) electrons. The Kier molecular flexibility index (Phi) is 5.42. The summed E-state index contributed by atoms with van der Waals surface area (Å²) < 4.78 is 0. The van der Waals surface area contributed by atoms with Gasteiger partial charge in [-0.05, 0) is 50.1 Å². The van der Waals surface area contributed by atoms with Crippen molar-refractivity contribution in [3.63, 3.8) is 0 Å². The number of aliphatic hydroxyl groups is 1. The van der Waals surface area contributed by atoms with Crippen LogP contribution in [0.1, 0.15) is 40.2 Å². The number of phenolic OH excluding ortho intramolecular Hbond substituents is 1. The number of aliphatic hydroxyl groups excluding tert-OH is 1. The number of amides is 1. The van der Waals surface area contributed by atoms with Crippen molar-refractivity contribution >= 4 is 16.8 Å². The summed E-state index contributed by atoms with van der Waals surface area (Å²) in [5, 5.41) is 21.0. The third kappa shape index (κ3) is 3.93. The number of rotatable bonds is 5. The van der Waals surface area contributed by atoms with Gasteiger partial charge < -0.3 is 15.1 Å². The predicted octanol–water partition coefficient (Wildman–Crippen LogP) is 3.75. The van der Waals surface area contributed by atoms with E-state index in [0.717, 1.165) is 22.2 Å². The summed E-state index contributed by atoms with van der Waals surface area (Å²) in [5.74, 6) is -0.0510. The Balaban J connectivity index is 1.94. The predicted molar refractivity (Wildman–Crippen MR) is 106 cm³/mol. The van der Waals surface area contributed by atoms with Gasteiger partial charge in [0.25, 0.3) is 5.91 Å². The van der Waals surface area contributed by atoms with Gasteiger partial charge in [-0.1, -0.05) is 30.3 Å². The molecule has 1 amide bonds. The molecule has 5 heteroatoms. The fraction of sp³-hybridized carbons (Fsp3) is 0.273. The Hall–Kier alpha value is -2.92. The second-order valence-corrected chi connectivity index (χ2v) is 6.74. The molecule has 1 aromatic heterocycles. The van der Waals surface area contributed by atoms with E-state index >= 15 is 0 Å². The lowest BCUT2D eigenvalue weighted by molar-refractivity contribution is 0.0636. The molecule has 0 aliphatic rings. The first-order valence-corrected chi connectivity index (χ1v) is 9.04. The maximum atomic E-state index is 13.2. The van der Waals surface area contributed by atoms with Crippen LogP contribution in [0.4, 0.5) is 0 Å². The van der Waals surface area contributed by atoms with Gasteiger partial charge in [0, 0.05) is 17.6 Å². The number of carbonyl (C=O) groups excluding carboxylic acids is 1. The number of hydrogen-bond acceptors (Lipinski definition) is 4. The largest absolute Gasteiger partial charge is 0.508 e. The van der Waals surface area contributed by atoms with Crippen LogP contribution in [-0.4, -0.2) is 39.1 Å². The van der Waals surface area contributed by atoms with Crippen LogP contribution < -0.4 is 0 Å². The van der Waals surface area contributed by atoms with E-state index in [0.29, 0.717) is 17.7 Å². The zero-order valence-electron chi connectivity index (χ0n) is 15.8. The Morgan fingerprint density at radius 2 is 1.89 bits per heavy atom. The van der Waals surface area contributed by atoms with Gasteiger partial charge in [-0.2, -0.15) is 0 Å². The van der Waals surface area contributed by atoms with Crippen molar-refractivity contribution < 1.29 is 15.0 Å². The number of carbonyl (C=O) groups is 1. The number of aryl methyl sites for hydroxylation is 2. The van der Waals surface area contributed by atoms with Crippen molar-refractivity contribution in [3.8, 4) is 5.75 Å². The van der Waals surface area contributed by atoms with Crippen LogP contribution in [0.3, 0.4) is 0 Å². The van der Waals surface area contributed by atoms with Gasteiger partial charge in [0.2, 0.25) is 0 Å². The van der Waals surface area contributed by atoms with Gasteiger partial charge in [0.05, 0.1) is 23.7 Å². The second kappa shape index (κ2) is 7.76. The second-order valence-electron chi connectivity index (χ2n) is 6.74. The summed E-state index contributed by atoms with van der Waals surface area (Å²) in [6.07, 6.45) is -0.878. The first-order valence-electron chi connectivity index (χ1n) is 9.04. The standard InChI is InChI=1S/C22H24N2O3/c1-4-24(13-20(26)16-8-6-9-17(25)12-16)22(27)19-11-15(3)23-21-14(2)7-5-10-18(19)21/h5-12,20,25-26H,4,13H2,1-3H3/t20-/m1/s1. The molecule has 0 bridgehead atoms. The SMILES string of the molecule is CCN(C[C@@H](O)c1cccc(O)c1)C(=O)c1cc(C)nc2c(C)cccc12. The molecule has 1 atom stereocenters. The maximum Gasteiger partial charge on any atom is 0.254 e. The number of nitrogens with zero attached hydrogens (tertiary/aromatic N) is 2. The fourth-order valence-electron chi connectivity index (χ4n) is 3.27. The number of hydrogen-bond donors (Lipinski definition) is 2. The number of fused-ring (bicyclic) bond motifs is 1. The maximum absolute atomic E-state index is 13.2. The zero-order chi connectivity index (χ0) is 19.6. The zero-order valence-corrected chi connectivity index (χ0v) is 15.8. The summed E-state index contributed by atoms with van der Waals surface area (Å²) in [6.45, 7) is 6.35. The minimum absolute atomic E-state index is 0.0900. The van der Waals surface area contributed by atoms with Crippen LogP contribution in [0.2, 0.25) is 0 Å². The lowest BCUT2D eigenvalue weighted by Crippen LogP contribution is -2.34. The number of benzene rings is 2. The van der Waals surface area contributed by atoms with E-state index in [4.69, 9.17) is 0 Å². The third-order valence-electron chi connectivity index (χ3n) is 4.72. The van der Waals surface area contributed by atoms with Gasteiger partial charge in [0.15, 0.2) is 0 Å². The highest BCUT2D eigenvalue weighted by atomic mass is 16.3. The summed E-state index contributed by atoms with van der Waals surface area (Å²) in [7, 11) is 0. The molecule has 0 aliphatic heterocycles. The quantitative estimate of drug-likeness (QED) is 0.723. The molecule has 3 aromatic rings. The molecule has 0 fully saturated rings. The first-order chi connectivity index (χ1) is 12.9. The summed E-state index contributed by atoms with van der Waals surface area (Å²) >= 11 is 0. The molecule has 0 unspecified atom stereocenters. The molecular weight excluding hydrogens is 340 g/mol. The number of aromatic hydroxyl groups is 1. The third-order valence-corrected chi connectivity index (χ3v) is 4.72. The van der Waals surface area contributed by atoms with E-state index in [-0.39, 0.29) is 18.2 Å². The van der Waals surface area contributed by atoms with Crippen molar-refractivity contribution in [2.24, 2.45) is 0 Å². The van der Waals surface area contributed by atoms with Crippen LogP contribution in [-0.2, 0) is 0 Å². The Morgan fingerprint density at radius 1 is 1.15 bits per heavy atom. The first kappa shape index (κ1) is 18.9. The fourth-order valence-corrected chi connectivity index (χ4v) is 3.27. The Labute approximate surface area is 158 Å². The van der Waals surface area contributed by atoms with Crippen molar-refractivity contribution in [3.05, 3.63) is 70.9 Å². The molecule has 0 saturated heterocycles. The van der Waals surface area contributed by atoms with E-state index in [1.165, 1.54) is 6.07 Å². The van der Waals surface area contributed by atoms with E-state index in [1.54, 1.807) is 29.2 Å². The van der Waals surface area contributed by atoms with Crippen LogP contribution in [0.25, 0.3) is 10.9 Å². The number of aromatic nitrogens is 1. The Morgan fingerprint density at radius 3 is 2.59 bits per heavy atom. The van der Waals surface area contributed by atoms with Gasteiger partial charge in [-0.15, -0.1) is 0 Å². The van der Waals surface area contributed by atoms with Crippen LogP contribution in [0.15, 0.2) is 48.5 Å². The minimum Gasteiger partial charge on any atom is -0.508 e. The number of likely N-dealkylation sites (N-methyl/N-ethyl adjacent to an activating group) is 1. The highest BCUT2D eigenvalue weighted by molar-refractivity contribution is 6.06. The monoisotopic (exact) mass is 364 g/mol. The molecule has 140 valence electrons. The van der Waals surface area contributed by atoms with Crippen LogP contribution >= 0.6 is 0 Å². The van der Waals surface area contributed by atoms with Crippen molar-refractivity contribution in [1.29, 1.82) is 0 Å². The molecule has 3 rings (SSSR count). The highest BCUT2D eigenvalue weighted by Crippen LogP contribution is 2.24. The molecule has 0 aliphatic carbocycles. The van der Waals surface area contributed by atoms with E-state index in [1.807, 2.05) is 39.0 Å². The number of phenols is 1. The van der Waals surface area contributed by atoms with E-state index < -0.39 is 6.10 Å². The average Bonchev–Trinajstić information content (AvgIpc) is 2.65. The van der Waals surface area contributed by atoms with Crippen LogP contribution in [0.5, 0.6) is 5.75 Å². The summed E-state index contributed by atoms with van der Waals surface area (Å²) in [5.41, 5.74) is 3.79. The minimum atomic E-state index is -0.878. The Bertz CT molecular complexity index is 984. The van der Waals surface area contributed by atoms with Crippen molar-refractivity contribution in [2.45, 2.75) is 26.9 Å². The molecule has 2 N–H and O–H groups in total. The topological polar surface area (TPSA) is 73.7 Å². The van der Waals surface area contributed by atoms with Gasteiger partial charge in [-0.25, -0.2) is 0 Å². The van der Waals surface area contributed by atoms with Gasteiger partial charge in [-0.3, -0.25) is 9.78 Å². The number of pyridine rings is 1. The molecule has 1 heterocycles. The normalized spacial score (nSPS) is 12.1. The molecule has 5 nitrogen and oxygen atoms in total. The van der Waals surface area contributed by atoms with E-state index in [9.17, 15) is 15.0 Å². The lowest BCUT2D eigenvalue weighted by Gasteiger charge is -2.25. The molecule has 27 heavy (non-hydrogen) atoms. The lowest BCUT2D eigenvalue weighted by atomic mass is 10.0. The van der Waals surface area contributed by atoms with Gasteiger partial charge >= 0.3 is 0 Å². The van der Waals surface area contributed by atoms with Crippen molar-refractivity contribution in [1.82, 2.24) is 9.88 Å². The smallest absolute Gasteiger partial charge is 0.254 e. The summed E-state index contributed by atoms with van der Waals surface area (Å²) in [6, 6.07) is 14.1.